The summed E-state index contributed by atoms with van der Waals surface area (Å²) in [7, 11) is 0. The molecule has 0 aliphatic rings. The van der Waals surface area contributed by atoms with Gasteiger partial charge >= 0.3 is 0 Å². The average molecular weight is 124 g/mol. The average Bonchev–Trinajstić information content (AvgIpc) is 1.85. The van der Waals surface area contributed by atoms with E-state index >= 15 is 0 Å². The Labute approximate surface area is 56.1 Å². The maximum absolute atomic E-state index is 9.87. The van der Waals surface area contributed by atoms with Gasteiger partial charge in [0.2, 0.25) is 0 Å². The van der Waals surface area contributed by atoms with E-state index in [4.69, 9.17) is 0 Å². The van der Waals surface area contributed by atoms with Gasteiger partial charge in [0.05, 0.1) is 0 Å². The highest BCUT2D eigenvalue weighted by Gasteiger charge is 1.75. The molecule has 0 radical (unpaired) electrons. The van der Waals surface area contributed by atoms with Gasteiger partial charge < -0.3 is 0 Å². The molecule has 0 heterocycles. The summed E-state index contributed by atoms with van der Waals surface area (Å²) in [6.45, 7) is 3.96. The molecule has 0 saturated carbocycles. The van der Waals surface area contributed by atoms with Gasteiger partial charge in [0.15, 0.2) is 0 Å². The Bertz CT molecular complexity index is 132. The monoisotopic (exact) mass is 124 g/mol. The Morgan fingerprint density at radius 3 is 2.67 bits per heavy atom. The maximum Gasteiger partial charge on any atom is 0.143 e. The first-order valence-electron chi connectivity index (χ1n) is 3.10. The summed E-state index contributed by atoms with van der Waals surface area (Å²) in [5, 5.41) is 0. The molecule has 50 valence electrons. The number of hydrogen-bond acceptors (Lipinski definition) is 1. The van der Waals surface area contributed by atoms with E-state index in [-0.39, 0.29) is 0 Å². The van der Waals surface area contributed by atoms with Crippen LogP contribution in [0.2, 0.25) is 0 Å². The predicted molar refractivity (Wildman–Crippen MR) is 39.3 cm³/mol. The van der Waals surface area contributed by atoms with Crippen molar-refractivity contribution >= 4 is 6.29 Å². The van der Waals surface area contributed by atoms with Crippen molar-refractivity contribution in [1.29, 1.82) is 0 Å². The Morgan fingerprint density at radius 1 is 1.56 bits per heavy atom. The van der Waals surface area contributed by atoms with Crippen LogP contribution in [0.1, 0.15) is 20.3 Å². The third-order valence-electron chi connectivity index (χ3n) is 0.947. The van der Waals surface area contributed by atoms with Crippen LogP contribution in [0.15, 0.2) is 23.8 Å². The van der Waals surface area contributed by atoms with E-state index < -0.39 is 0 Å². The molecule has 0 spiro atoms. The lowest BCUT2D eigenvalue weighted by Gasteiger charge is -1.83. The Morgan fingerprint density at radius 2 is 2.22 bits per heavy atom. The molecule has 0 N–H and O–H groups in total. The SMILES string of the molecule is CCC=CC(C)=CC=O. The van der Waals surface area contributed by atoms with Crippen LogP contribution in [0.3, 0.4) is 0 Å². The Balaban J connectivity index is 3.74. The highest BCUT2D eigenvalue weighted by Crippen LogP contribution is 1.93. The number of carbonyl (C=O) groups excluding carboxylic acids is 1. The zero-order valence-corrected chi connectivity index (χ0v) is 5.92. The summed E-state index contributed by atoms with van der Waals surface area (Å²) in [6.07, 6.45) is 7.33. The Kier molecular flexibility index (Phi) is 4.79. The molecule has 0 bridgehead atoms. The molecular weight excluding hydrogens is 112 g/mol. The van der Waals surface area contributed by atoms with E-state index in [1.54, 1.807) is 6.08 Å². The number of aldehydes is 1. The lowest BCUT2D eigenvalue weighted by Crippen LogP contribution is -1.68. The smallest absolute Gasteiger partial charge is 0.143 e. The number of hydrogen-bond donors (Lipinski definition) is 0. The molecule has 0 aromatic carbocycles. The zero-order chi connectivity index (χ0) is 7.11. The highest BCUT2D eigenvalue weighted by molar-refractivity contribution is 5.66. The highest BCUT2D eigenvalue weighted by atomic mass is 16.1. The van der Waals surface area contributed by atoms with E-state index in [2.05, 4.69) is 6.92 Å². The van der Waals surface area contributed by atoms with E-state index in [0.29, 0.717) is 0 Å². The van der Waals surface area contributed by atoms with Gasteiger partial charge in [-0.05, 0) is 25.0 Å². The first-order chi connectivity index (χ1) is 4.31. The number of carbonyl (C=O) groups is 1. The molecule has 0 aliphatic carbocycles. The fourth-order valence-electron chi connectivity index (χ4n) is 0.467. The second-order valence-electron chi connectivity index (χ2n) is 1.86. The van der Waals surface area contributed by atoms with Gasteiger partial charge in [0, 0.05) is 0 Å². The molecule has 0 aliphatic heterocycles. The number of rotatable bonds is 3. The largest absolute Gasteiger partial charge is 0.299 e. The second-order valence-corrected chi connectivity index (χ2v) is 1.86. The van der Waals surface area contributed by atoms with Crippen LogP contribution in [-0.4, -0.2) is 6.29 Å². The van der Waals surface area contributed by atoms with E-state index in [1.807, 2.05) is 19.1 Å². The molecule has 0 amide bonds. The van der Waals surface area contributed by atoms with Crippen LogP contribution in [0.25, 0.3) is 0 Å². The molecule has 0 saturated heterocycles. The molecular formula is C8H12O. The minimum Gasteiger partial charge on any atom is -0.299 e. The van der Waals surface area contributed by atoms with Gasteiger partial charge in [0.25, 0.3) is 0 Å². The lowest BCUT2D eigenvalue weighted by molar-refractivity contribution is -0.104. The summed E-state index contributed by atoms with van der Waals surface area (Å²) in [5.74, 6) is 0. The molecule has 0 aromatic rings. The first kappa shape index (κ1) is 8.15. The molecule has 1 nitrogen and oxygen atoms in total. The van der Waals surface area contributed by atoms with Crippen molar-refractivity contribution in [2.45, 2.75) is 20.3 Å². The lowest BCUT2D eigenvalue weighted by atomic mass is 10.2. The van der Waals surface area contributed by atoms with E-state index in [9.17, 15) is 4.79 Å². The van der Waals surface area contributed by atoms with E-state index in [1.165, 1.54) is 0 Å². The molecule has 0 atom stereocenters. The van der Waals surface area contributed by atoms with Crippen molar-refractivity contribution in [2.24, 2.45) is 0 Å². The molecule has 0 unspecified atom stereocenters. The summed E-state index contributed by atoms with van der Waals surface area (Å²) in [4.78, 5) is 9.87. The van der Waals surface area contributed by atoms with Crippen LogP contribution in [-0.2, 0) is 4.79 Å². The van der Waals surface area contributed by atoms with Crippen molar-refractivity contribution in [2.75, 3.05) is 0 Å². The number of allylic oxidation sites excluding steroid dienone is 4. The predicted octanol–water partition coefficient (Wildman–Crippen LogP) is 2.10. The third kappa shape index (κ3) is 5.01. The molecule has 0 rings (SSSR count). The van der Waals surface area contributed by atoms with Gasteiger partial charge in [-0.25, -0.2) is 0 Å². The normalized spacial score (nSPS) is 12.4. The second kappa shape index (κ2) is 5.29. The summed E-state index contributed by atoms with van der Waals surface area (Å²) in [6, 6.07) is 0. The third-order valence-corrected chi connectivity index (χ3v) is 0.947. The van der Waals surface area contributed by atoms with Crippen molar-refractivity contribution in [3.63, 3.8) is 0 Å². The topological polar surface area (TPSA) is 17.1 Å². The summed E-state index contributed by atoms with van der Waals surface area (Å²) in [5.41, 5.74) is 1.01. The summed E-state index contributed by atoms with van der Waals surface area (Å²) >= 11 is 0. The van der Waals surface area contributed by atoms with Crippen molar-refractivity contribution in [3.8, 4) is 0 Å². The van der Waals surface area contributed by atoms with Crippen molar-refractivity contribution in [3.05, 3.63) is 23.8 Å². The minimum atomic E-state index is 0.801. The van der Waals surface area contributed by atoms with Crippen LogP contribution < -0.4 is 0 Å². The standard InChI is InChI=1S/C8H12O/c1-3-4-5-8(2)6-7-9/h4-7H,3H2,1-2H3. The minimum absolute atomic E-state index is 0.801. The van der Waals surface area contributed by atoms with Crippen molar-refractivity contribution in [1.82, 2.24) is 0 Å². The van der Waals surface area contributed by atoms with Gasteiger partial charge in [0.1, 0.15) is 6.29 Å². The van der Waals surface area contributed by atoms with Crippen LogP contribution in [0.5, 0.6) is 0 Å². The Hall–Kier alpha value is -0.850. The van der Waals surface area contributed by atoms with Crippen LogP contribution in [0, 0.1) is 0 Å². The zero-order valence-electron chi connectivity index (χ0n) is 5.92. The van der Waals surface area contributed by atoms with Crippen molar-refractivity contribution < 1.29 is 4.79 Å². The summed E-state index contributed by atoms with van der Waals surface area (Å²) < 4.78 is 0. The quantitative estimate of drug-likeness (QED) is 0.320. The molecule has 0 aromatic heterocycles. The van der Waals surface area contributed by atoms with E-state index in [0.717, 1.165) is 18.3 Å². The van der Waals surface area contributed by atoms with Gasteiger partial charge in [-0.3, -0.25) is 4.79 Å². The fraction of sp³-hybridized carbons (Fsp3) is 0.375. The molecule has 1 heteroatoms. The van der Waals surface area contributed by atoms with Gasteiger partial charge in [-0.15, -0.1) is 0 Å². The first-order valence-corrected chi connectivity index (χ1v) is 3.10. The molecule has 0 fully saturated rings. The van der Waals surface area contributed by atoms with Crippen LogP contribution >= 0.6 is 0 Å². The fourth-order valence-corrected chi connectivity index (χ4v) is 0.467. The molecule has 9 heavy (non-hydrogen) atoms. The van der Waals surface area contributed by atoms with Gasteiger partial charge in [-0.2, -0.15) is 0 Å². The van der Waals surface area contributed by atoms with Gasteiger partial charge in [-0.1, -0.05) is 19.1 Å². The van der Waals surface area contributed by atoms with Crippen LogP contribution in [0.4, 0.5) is 0 Å². The maximum atomic E-state index is 9.87.